The highest BCUT2D eigenvalue weighted by molar-refractivity contribution is 6.33. The molecule has 0 atom stereocenters. The fourth-order valence-electron chi connectivity index (χ4n) is 3.33. The molecule has 1 aromatic heterocycles. The monoisotopic (exact) mass is 411 g/mol. The van der Waals surface area contributed by atoms with E-state index in [1.807, 2.05) is 4.98 Å². The Morgan fingerprint density at radius 3 is 2.68 bits per heavy atom. The standard InChI is InChI=1S/C19H20ClF2N3O3/c20-14-5-4-12(19(21,22)15-6-9-23-17(27)25-15)10-13(14)16(26)24-11-18(28)7-2-1-3-8-18/h4-6,9-10,28H,1-3,7-8,11H2,(H,24,26)(H,23,25,27). The fourth-order valence-corrected chi connectivity index (χ4v) is 3.53. The highest BCUT2D eigenvalue weighted by Crippen LogP contribution is 2.35. The number of aromatic nitrogens is 2. The fraction of sp³-hybridized carbons (Fsp3) is 0.421. The van der Waals surface area contributed by atoms with Crippen molar-refractivity contribution in [2.45, 2.75) is 43.6 Å². The molecule has 0 radical (unpaired) electrons. The number of aliphatic hydroxyl groups is 1. The van der Waals surface area contributed by atoms with Crippen molar-refractivity contribution in [3.63, 3.8) is 0 Å². The van der Waals surface area contributed by atoms with Gasteiger partial charge in [-0.05, 0) is 31.0 Å². The van der Waals surface area contributed by atoms with Crippen molar-refractivity contribution in [2.24, 2.45) is 0 Å². The van der Waals surface area contributed by atoms with Gasteiger partial charge in [0.1, 0.15) is 0 Å². The molecule has 0 unspecified atom stereocenters. The van der Waals surface area contributed by atoms with Crippen LogP contribution in [0.25, 0.3) is 0 Å². The molecule has 0 bridgehead atoms. The van der Waals surface area contributed by atoms with Crippen molar-refractivity contribution in [1.82, 2.24) is 15.3 Å². The van der Waals surface area contributed by atoms with Crippen LogP contribution < -0.4 is 11.0 Å². The summed E-state index contributed by atoms with van der Waals surface area (Å²) in [7, 11) is 0. The summed E-state index contributed by atoms with van der Waals surface area (Å²) < 4.78 is 29.5. The van der Waals surface area contributed by atoms with Crippen LogP contribution in [0.5, 0.6) is 0 Å². The number of amides is 1. The molecule has 6 nitrogen and oxygen atoms in total. The zero-order chi connectivity index (χ0) is 20.4. The van der Waals surface area contributed by atoms with E-state index in [4.69, 9.17) is 11.6 Å². The average molecular weight is 412 g/mol. The van der Waals surface area contributed by atoms with Crippen LogP contribution in [0.2, 0.25) is 5.02 Å². The average Bonchev–Trinajstić information content (AvgIpc) is 2.67. The van der Waals surface area contributed by atoms with E-state index in [-0.39, 0.29) is 17.1 Å². The van der Waals surface area contributed by atoms with Crippen LogP contribution in [0.15, 0.2) is 35.3 Å². The minimum Gasteiger partial charge on any atom is -0.388 e. The molecule has 0 spiro atoms. The van der Waals surface area contributed by atoms with E-state index in [9.17, 15) is 23.5 Å². The van der Waals surface area contributed by atoms with Crippen LogP contribution in [-0.4, -0.2) is 33.1 Å². The van der Waals surface area contributed by atoms with Crippen LogP contribution >= 0.6 is 11.6 Å². The van der Waals surface area contributed by atoms with E-state index in [1.165, 1.54) is 6.07 Å². The smallest absolute Gasteiger partial charge is 0.345 e. The summed E-state index contributed by atoms with van der Waals surface area (Å²) in [4.78, 5) is 29.1. The Balaban J connectivity index is 1.82. The van der Waals surface area contributed by atoms with E-state index in [1.54, 1.807) is 0 Å². The molecule has 2 aromatic rings. The maximum Gasteiger partial charge on any atom is 0.345 e. The van der Waals surface area contributed by atoms with Crippen LogP contribution in [0.1, 0.15) is 53.7 Å². The number of nitrogens with zero attached hydrogens (tertiary/aromatic N) is 1. The van der Waals surface area contributed by atoms with Gasteiger partial charge >= 0.3 is 11.6 Å². The number of H-pyrrole nitrogens is 1. The van der Waals surface area contributed by atoms with Gasteiger partial charge in [-0.2, -0.15) is 8.78 Å². The summed E-state index contributed by atoms with van der Waals surface area (Å²) in [6, 6.07) is 4.27. The third-order valence-electron chi connectivity index (χ3n) is 4.95. The van der Waals surface area contributed by atoms with Crippen LogP contribution in [-0.2, 0) is 5.92 Å². The molecule has 3 rings (SSSR count). The number of carbonyl (C=O) groups excluding carboxylic acids is 1. The molecule has 1 aromatic carbocycles. The number of hydrogen-bond donors (Lipinski definition) is 3. The van der Waals surface area contributed by atoms with Gasteiger partial charge in [-0.25, -0.2) is 9.78 Å². The van der Waals surface area contributed by atoms with Gasteiger partial charge in [0.15, 0.2) is 0 Å². The molecule has 1 aliphatic rings. The van der Waals surface area contributed by atoms with Gasteiger partial charge in [0.2, 0.25) is 0 Å². The maximum atomic E-state index is 14.8. The number of carbonyl (C=O) groups is 1. The second-order valence-electron chi connectivity index (χ2n) is 7.03. The van der Waals surface area contributed by atoms with Gasteiger partial charge in [-0.15, -0.1) is 0 Å². The van der Waals surface area contributed by atoms with E-state index in [0.29, 0.717) is 12.8 Å². The number of aromatic amines is 1. The van der Waals surface area contributed by atoms with Crippen molar-refractivity contribution in [3.8, 4) is 0 Å². The Bertz CT molecular complexity index is 927. The molecule has 28 heavy (non-hydrogen) atoms. The summed E-state index contributed by atoms with van der Waals surface area (Å²) in [6.07, 6.45) is 4.92. The van der Waals surface area contributed by atoms with Crippen molar-refractivity contribution in [3.05, 3.63) is 62.8 Å². The van der Waals surface area contributed by atoms with Gasteiger partial charge in [-0.3, -0.25) is 4.79 Å². The van der Waals surface area contributed by atoms with Crippen molar-refractivity contribution >= 4 is 17.5 Å². The lowest BCUT2D eigenvalue weighted by molar-refractivity contribution is 0.00522. The number of halogens is 3. The number of nitrogens with one attached hydrogen (secondary N) is 2. The molecule has 0 saturated heterocycles. The molecule has 1 heterocycles. The van der Waals surface area contributed by atoms with Crippen LogP contribution in [0.3, 0.4) is 0 Å². The van der Waals surface area contributed by atoms with Gasteiger partial charge in [0.05, 0.1) is 21.9 Å². The SMILES string of the molecule is O=C(NCC1(O)CCCCC1)c1cc(C(F)(F)c2ccnc(=O)[nH]2)ccc1Cl. The first-order valence-corrected chi connectivity index (χ1v) is 9.33. The van der Waals surface area contributed by atoms with E-state index in [2.05, 4.69) is 10.3 Å². The quantitative estimate of drug-likeness (QED) is 0.704. The second-order valence-corrected chi connectivity index (χ2v) is 7.43. The lowest BCUT2D eigenvalue weighted by atomic mass is 9.85. The molecular weight excluding hydrogens is 392 g/mol. The lowest BCUT2D eigenvalue weighted by Crippen LogP contribution is -2.44. The first-order chi connectivity index (χ1) is 13.2. The molecule has 150 valence electrons. The second kappa shape index (κ2) is 7.97. The van der Waals surface area contributed by atoms with Gasteiger partial charge in [0.25, 0.3) is 5.91 Å². The first-order valence-electron chi connectivity index (χ1n) is 8.95. The van der Waals surface area contributed by atoms with E-state index < -0.39 is 34.4 Å². The predicted molar refractivity (Wildman–Crippen MR) is 99.7 cm³/mol. The van der Waals surface area contributed by atoms with E-state index in [0.717, 1.165) is 43.7 Å². The molecule has 1 fully saturated rings. The van der Waals surface area contributed by atoms with Gasteiger partial charge < -0.3 is 15.4 Å². The predicted octanol–water partition coefficient (Wildman–Crippen LogP) is 2.99. The Morgan fingerprint density at radius 2 is 2.00 bits per heavy atom. The normalized spacial score (nSPS) is 16.6. The zero-order valence-corrected chi connectivity index (χ0v) is 15.7. The first kappa shape index (κ1) is 20.4. The third-order valence-corrected chi connectivity index (χ3v) is 5.28. The zero-order valence-electron chi connectivity index (χ0n) is 15.0. The summed E-state index contributed by atoms with van der Waals surface area (Å²) in [5.41, 5.74) is -3.16. The molecular formula is C19H20ClF2N3O3. The number of hydrogen-bond acceptors (Lipinski definition) is 4. The van der Waals surface area contributed by atoms with Crippen LogP contribution in [0, 0.1) is 0 Å². The topological polar surface area (TPSA) is 95.1 Å². The Kier molecular flexibility index (Phi) is 5.81. The van der Waals surface area contributed by atoms with Crippen molar-refractivity contribution < 1.29 is 18.7 Å². The summed E-state index contributed by atoms with van der Waals surface area (Å²) in [5, 5.41) is 13.1. The maximum absolute atomic E-state index is 14.8. The largest absolute Gasteiger partial charge is 0.388 e. The summed E-state index contributed by atoms with van der Waals surface area (Å²) >= 11 is 6.03. The Hall–Kier alpha value is -2.32. The molecule has 1 saturated carbocycles. The van der Waals surface area contributed by atoms with E-state index >= 15 is 0 Å². The Labute approximate surface area is 165 Å². The third kappa shape index (κ3) is 4.39. The molecule has 1 aliphatic carbocycles. The number of benzene rings is 1. The summed E-state index contributed by atoms with van der Waals surface area (Å²) in [6.45, 7) is 0.0282. The Morgan fingerprint density at radius 1 is 1.29 bits per heavy atom. The highest BCUT2D eigenvalue weighted by Gasteiger charge is 2.36. The number of rotatable bonds is 5. The molecule has 9 heteroatoms. The van der Waals surface area contributed by atoms with Crippen molar-refractivity contribution in [1.29, 1.82) is 0 Å². The van der Waals surface area contributed by atoms with Gasteiger partial charge in [0, 0.05) is 18.3 Å². The highest BCUT2D eigenvalue weighted by atomic mass is 35.5. The molecule has 1 amide bonds. The number of alkyl halides is 2. The van der Waals surface area contributed by atoms with Crippen molar-refractivity contribution in [2.75, 3.05) is 6.54 Å². The minimum absolute atomic E-state index is 0.0101. The lowest BCUT2D eigenvalue weighted by Gasteiger charge is -2.32. The molecule has 0 aliphatic heterocycles. The van der Waals surface area contributed by atoms with Gasteiger partial charge in [-0.1, -0.05) is 36.9 Å². The summed E-state index contributed by atoms with van der Waals surface area (Å²) in [5.74, 6) is -4.20. The minimum atomic E-state index is -3.55. The molecule has 3 N–H and O–H groups in total. The van der Waals surface area contributed by atoms with Crippen LogP contribution in [0.4, 0.5) is 8.78 Å².